The molecule has 0 saturated carbocycles. The van der Waals surface area contributed by atoms with Gasteiger partial charge in [0.25, 0.3) is 0 Å². The van der Waals surface area contributed by atoms with Crippen LogP contribution in [0.15, 0.2) is 54.7 Å². The third-order valence-corrected chi connectivity index (χ3v) is 5.92. The second kappa shape index (κ2) is 10.3. The molecule has 7 nitrogen and oxygen atoms in total. The number of benzene rings is 1. The molecule has 0 radical (unpaired) electrons. The monoisotopic (exact) mass is 443 g/mol. The van der Waals surface area contributed by atoms with Crippen LogP contribution in [-0.4, -0.2) is 38.7 Å². The zero-order valence-corrected chi connectivity index (χ0v) is 19.2. The van der Waals surface area contributed by atoms with E-state index in [1.807, 2.05) is 55.5 Å². The van der Waals surface area contributed by atoms with Gasteiger partial charge in [0, 0.05) is 43.0 Å². The van der Waals surface area contributed by atoms with Gasteiger partial charge >= 0.3 is 0 Å². The van der Waals surface area contributed by atoms with E-state index >= 15 is 0 Å². The summed E-state index contributed by atoms with van der Waals surface area (Å²) in [6, 6.07) is 15.7. The molecular weight excluding hydrogens is 414 g/mol. The van der Waals surface area contributed by atoms with Crippen LogP contribution in [-0.2, 0) is 35.5 Å². The fourth-order valence-electron chi connectivity index (χ4n) is 4.10. The quantitative estimate of drug-likeness (QED) is 0.531. The third-order valence-electron chi connectivity index (χ3n) is 5.92. The average molecular weight is 444 g/mol. The van der Waals surface area contributed by atoms with Crippen LogP contribution in [0.2, 0.25) is 0 Å². The summed E-state index contributed by atoms with van der Waals surface area (Å²) in [6.45, 7) is 2.74. The molecule has 2 aromatic heterocycles. The number of amides is 2. The van der Waals surface area contributed by atoms with Crippen LogP contribution in [0.25, 0.3) is 0 Å². The minimum absolute atomic E-state index is 0.0436. The number of carbonyl (C=O) groups excluding carboxylic acids is 2. The third kappa shape index (κ3) is 5.61. The highest BCUT2D eigenvalue weighted by molar-refractivity contribution is 5.95. The smallest absolute Gasteiger partial charge is 0.228 e. The number of aromatic nitrogens is 3. The molecule has 7 heteroatoms. The molecule has 0 fully saturated rings. The highest BCUT2D eigenvalue weighted by Crippen LogP contribution is 2.29. The van der Waals surface area contributed by atoms with Crippen LogP contribution >= 0.6 is 0 Å². The number of aryl methyl sites for hydroxylation is 2. The van der Waals surface area contributed by atoms with Crippen LogP contribution in [0, 0.1) is 6.92 Å². The van der Waals surface area contributed by atoms with Crippen molar-refractivity contribution in [1.82, 2.24) is 19.9 Å². The Morgan fingerprint density at radius 2 is 1.85 bits per heavy atom. The van der Waals surface area contributed by atoms with Gasteiger partial charge in [-0.25, -0.2) is 9.97 Å². The van der Waals surface area contributed by atoms with Gasteiger partial charge in [-0.3, -0.25) is 19.5 Å². The Kier molecular flexibility index (Phi) is 7.07. The molecule has 1 aliphatic rings. The fourth-order valence-corrected chi connectivity index (χ4v) is 4.10. The predicted octanol–water partition coefficient (Wildman–Crippen LogP) is 3.64. The first kappa shape index (κ1) is 22.6. The van der Waals surface area contributed by atoms with Gasteiger partial charge in [0.15, 0.2) is 0 Å². The van der Waals surface area contributed by atoms with Crippen LogP contribution in [0.4, 0.5) is 5.82 Å². The number of pyridine rings is 1. The molecule has 170 valence electrons. The Hall–Kier alpha value is -3.61. The maximum Gasteiger partial charge on any atom is 0.228 e. The van der Waals surface area contributed by atoms with E-state index in [1.165, 1.54) is 0 Å². The van der Waals surface area contributed by atoms with E-state index in [0.29, 0.717) is 44.0 Å². The van der Waals surface area contributed by atoms with Gasteiger partial charge in [0.2, 0.25) is 11.8 Å². The van der Waals surface area contributed by atoms with Crippen molar-refractivity contribution in [2.24, 2.45) is 0 Å². The molecule has 1 aliphatic heterocycles. The molecule has 0 N–H and O–H groups in total. The van der Waals surface area contributed by atoms with Crippen LogP contribution in [0.3, 0.4) is 0 Å². The summed E-state index contributed by atoms with van der Waals surface area (Å²) < 4.78 is 0. The van der Waals surface area contributed by atoms with E-state index < -0.39 is 0 Å². The highest BCUT2D eigenvalue weighted by Gasteiger charge is 2.28. The standard InChI is InChI=1S/C26H29N5O2/c1-19-22-14-15-25(33)31(17-20-9-4-3-5-10-20)26(22)29-23(28-19)18-30(2)24(32)13-8-12-21-11-6-7-16-27-21/h3-7,9-11,16H,8,12-15,17-18H2,1-2H3. The molecular formula is C26H29N5O2. The molecule has 0 spiro atoms. The Bertz CT molecular complexity index is 1120. The SMILES string of the molecule is Cc1nc(CN(C)C(=O)CCCc2ccccn2)nc2c1CCC(=O)N2Cc1ccccc1. The minimum Gasteiger partial charge on any atom is -0.338 e. The lowest BCUT2D eigenvalue weighted by atomic mass is 10.0. The largest absolute Gasteiger partial charge is 0.338 e. The van der Waals surface area contributed by atoms with Crippen molar-refractivity contribution < 1.29 is 9.59 Å². The lowest BCUT2D eigenvalue weighted by Gasteiger charge is -2.30. The van der Waals surface area contributed by atoms with E-state index in [-0.39, 0.29) is 11.8 Å². The van der Waals surface area contributed by atoms with Crippen LogP contribution in [0.5, 0.6) is 0 Å². The predicted molar refractivity (Wildman–Crippen MR) is 126 cm³/mol. The van der Waals surface area contributed by atoms with Crippen molar-refractivity contribution in [2.45, 2.75) is 52.1 Å². The van der Waals surface area contributed by atoms with Gasteiger partial charge in [-0.1, -0.05) is 36.4 Å². The molecule has 3 aromatic rings. The Labute approximate surface area is 194 Å². The molecule has 3 heterocycles. The zero-order valence-electron chi connectivity index (χ0n) is 19.2. The van der Waals surface area contributed by atoms with Gasteiger partial charge in [0.05, 0.1) is 13.1 Å². The Morgan fingerprint density at radius 3 is 2.61 bits per heavy atom. The first-order valence-corrected chi connectivity index (χ1v) is 11.4. The molecule has 33 heavy (non-hydrogen) atoms. The van der Waals surface area contributed by atoms with Gasteiger partial charge in [-0.2, -0.15) is 0 Å². The summed E-state index contributed by atoms with van der Waals surface area (Å²) >= 11 is 0. The van der Waals surface area contributed by atoms with Crippen LogP contribution < -0.4 is 4.90 Å². The van der Waals surface area contributed by atoms with E-state index in [4.69, 9.17) is 4.98 Å². The van der Waals surface area contributed by atoms with E-state index in [9.17, 15) is 9.59 Å². The van der Waals surface area contributed by atoms with Crippen molar-refractivity contribution in [3.63, 3.8) is 0 Å². The molecule has 1 aromatic carbocycles. The summed E-state index contributed by atoms with van der Waals surface area (Å²) in [7, 11) is 1.77. The summed E-state index contributed by atoms with van der Waals surface area (Å²) in [5, 5.41) is 0. The zero-order chi connectivity index (χ0) is 23.2. The van der Waals surface area contributed by atoms with Gasteiger partial charge in [0.1, 0.15) is 11.6 Å². The molecule has 0 unspecified atom stereocenters. The number of nitrogens with zero attached hydrogens (tertiary/aromatic N) is 5. The van der Waals surface area contributed by atoms with Crippen molar-refractivity contribution in [3.05, 3.63) is 83.1 Å². The summed E-state index contributed by atoms with van der Waals surface area (Å²) in [6.07, 6.45) is 4.82. The van der Waals surface area contributed by atoms with E-state index in [0.717, 1.165) is 35.4 Å². The number of hydrogen-bond acceptors (Lipinski definition) is 5. The average Bonchev–Trinajstić information content (AvgIpc) is 2.82. The number of hydrogen-bond donors (Lipinski definition) is 0. The van der Waals surface area contributed by atoms with Crippen LogP contribution in [0.1, 0.15) is 47.6 Å². The maximum absolute atomic E-state index is 12.7. The van der Waals surface area contributed by atoms with E-state index in [1.54, 1.807) is 23.0 Å². The van der Waals surface area contributed by atoms with Crippen molar-refractivity contribution >= 4 is 17.6 Å². The van der Waals surface area contributed by atoms with Gasteiger partial charge in [-0.15, -0.1) is 0 Å². The fraction of sp³-hybridized carbons (Fsp3) is 0.346. The minimum atomic E-state index is 0.0436. The number of anilines is 1. The van der Waals surface area contributed by atoms with Gasteiger partial charge < -0.3 is 4.90 Å². The molecule has 0 aliphatic carbocycles. The van der Waals surface area contributed by atoms with Gasteiger partial charge in [-0.05, 0) is 43.9 Å². The summed E-state index contributed by atoms with van der Waals surface area (Å²) in [4.78, 5) is 42.5. The molecule has 0 bridgehead atoms. The second-order valence-corrected chi connectivity index (χ2v) is 8.42. The van der Waals surface area contributed by atoms with Crippen molar-refractivity contribution in [1.29, 1.82) is 0 Å². The topological polar surface area (TPSA) is 79.3 Å². The number of carbonyl (C=O) groups is 2. The normalized spacial score (nSPS) is 13.0. The number of fused-ring (bicyclic) bond motifs is 1. The van der Waals surface area contributed by atoms with E-state index in [2.05, 4.69) is 9.97 Å². The maximum atomic E-state index is 12.7. The first-order chi connectivity index (χ1) is 16.0. The second-order valence-electron chi connectivity index (χ2n) is 8.42. The van der Waals surface area contributed by atoms with Crippen molar-refractivity contribution in [3.8, 4) is 0 Å². The Morgan fingerprint density at radius 1 is 1.06 bits per heavy atom. The lowest BCUT2D eigenvalue weighted by molar-refractivity contribution is -0.130. The first-order valence-electron chi connectivity index (χ1n) is 11.4. The van der Waals surface area contributed by atoms with Crippen molar-refractivity contribution in [2.75, 3.05) is 11.9 Å². The number of rotatable bonds is 8. The molecule has 0 atom stereocenters. The summed E-state index contributed by atoms with van der Waals surface area (Å²) in [5.74, 6) is 1.34. The summed E-state index contributed by atoms with van der Waals surface area (Å²) in [5.41, 5.74) is 3.93. The lowest BCUT2D eigenvalue weighted by Crippen LogP contribution is -2.36. The molecule has 0 saturated heterocycles. The Balaban J connectivity index is 1.44. The highest BCUT2D eigenvalue weighted by atomic mass is 16.2. The molecule has 4 rings (SSSR count). The molecule has 2 amide bonds.